The van der Waals surface area contributed by atoms with E-state index in [1.807, 2.05) is 0 Å². The molecule has 1 fully saturated rings. The highest BCUT2D eigenvalue weighted by molar-refractivity contribution is 5.83. The highest BCUT2D eigenvalue weighted by Crippen LogP contribution is 2.23. The van der Waals surface area contributed by atoms with Crippen LogP contribution < -0.4 is 5.32 Å². The minimum atomic E-state index is -0.102. The molecule has 0 amide bonds. The van der Waals surface area contributed by atoms with Crippen LogP contribution in [0, 0.1) is 0 Å². The highest BCUT2D eigenvalue weighted by atomic mass is 16.3. The lowest BCUT2D eigenvalue weighted by Gasteiger charge is -2.32. The van der Waals surface area contributed by atoms with Gasteiger partial charge in [-0.2, -0.15) is 0 Å². The number of hydrogen-bond acceptors (Lipinski definition) is 2. The average Bonchev–Trinajstić information content (AvgIpc) is 2.95. The van der Waals surface area contributed by atoms with Crippen LogP contribution >= 0.6 is 0 Å². The number of fused-ring (bicyclic) bond motifs is 1. The first kappa shape index (κ1) is 14.5. The Balaban J connectivity index is 1.54. The van der Waals surface area contributed by atoms with Crippen molar-refractivity contribution in [1.29, 1.82) is 0 Å². The number of nitrogens with one attached hydrogen (secondary N) is 1. The van der Waals surface area contributed by atoms with Crippen LogP contribution in [0.1, 0.15) is 24.0 Å². The largest absolute Gasteiger partial charge is 0.393 e. The molecule has 2 aromatic carbocycles. The van der Waals surface area contributed by atoms with Crippen LogP contribution in [-0.2, 0) is 13.1 Å². The molecule has 2 N–H and O–H groups in total. The highest BCUT2D eigenvalue weighted by Gasteiger charge is 2.26. The van der Waals surface area contributed by atoms with Crippen LogP contribution in [0.15, 0.2) is 60.8 Å². The molecular formula is C20H22N2O. The van der Waals surface area contributed by atoms with Gasteiger partial charge in [0.1, 0.15) is 0 Å². The van der Waals surface area contributed by atoms with Crippen molar-refractivity contribution in [1.82, 2.24) is 9.88 Å². The van der Waals surface area contributed by atoms with Crippen LogP contribution in [0.4, 0.5) is 0 Å². The predicted molar refractivity (Wildman–Crippen MR) is 93.4 cm³/mol. The summed E-state index contributed by atoms with van der Waals surface area (Å²) in [6.07, 6.45) is 3.83. The van der Waals surface area contributed by atoms with Gasteiger partial charge < -0.3 is 15.0 Å². The zero-order chi connectivity index (χ0) is 15.6. The summed E-state index contributed by atoms with van der Waals surface area (Å²) < 4.78 is 2.31. The molecule has 3 aromatic rings. The van der Waals surface area contributed by atoms with E-state index in [1.165, 1.54) is 22.0 Å². The molecule has 0 aliphatic heterocycles. The van der Waals surface area contributed by atoms with Crippen molar-refractivity contribution < 1.29 is 5.11 Å². The zero-order valence-corrected chi connectivity index (χ0v) is 13.2. The van der Waals surface area contributed by atoms with Gasteiger partial charge >= 0.3 is 0 Å². The quantitative estimate of drug-likeness (QED) is 0.759. The summed E-state index contributed by atoms with van der Waals surface area (Å²) in [5.41, 5.74) is 3.93. The fourth-order valence-electron chi connectivity index (χ4n) is 3.37. The molecule has 4 rings (SSSR count). The standard InChI is InChI=1S/C20H22N2O/c23-18-11-17(12-18)21-13-16-7-4-8-20-19(16)9-10-22(20)14-15-5-2-1-3-6-15/h1-10,17-18,21,23H,11-14H2. The predicted octanol–water partition coefficient (Wildman–Crippen LogP) is 3.30. The third kappa shape index (κ3) is 3.03. The SMILES string of the molecule is OC1CC(NCc2cccc3c2ccn3Cc2ccccc2)C1. The molecule has 1 aromatic heterocycles. The van der Waals surface area contributed by atoms with Gasteiger partial charge in [-0.1, -0.05) is 42.5 Å². The van der Waals surface area contributed by atoms with Gasteiger partial charge in [0.2, 0.25) is 0 Å². The van der Waals surface area contributed by atoms with Crippen LogP contribution in [0.25, 0.3) is 10.9 Å². The molecule has 0 spiro atoms. The lowest BCUT2D eigenvalue weighted by Crippen LogP contribution is -2.43. The van der Waals surface area contributed by atoms with Gasteiger partial charge in [-0.25, -0.2) is 0 Å². The van der Waals surface area contributed by atoms with Gasteiger partial charge in [-0.15, -0.1) is 0 Å². The summed E-state index contributed by atoms with van der Waals surface area (Å²) >= 11 is 0. The molecule has 23 heavy (non-hydrogen) atoms. The Hall–Kier alpha value is -2.10. The van der Waals surface area contributed by atoms with Crippen molar-refractivity contribution in [2.75, 3.05) is 0 Å². The van der Waals surface area contributed by atoms with Gasteiger partial charge in [-0.3, -0.25) is 0 Å². The lowest BCUT2D eigenvalue weighted by atomic mass is 9.89. The monoisotopic (exact) mass is 306 g/mol. The first-order valence-electron chi connectivity index (χ1n) is 8.32. The number of aliphatic hydroxyl groups excluding tert-OH is 1. The van der Waals surface area contributed by atoms with E-state index in [1.54, 1.807) is 0 Å². The molecule has 3 heteroatoms. The van der Waals surface area contributed by atoms with E-state index >= 15 is 0 Å². The summed E-state index contributed by atoms with van der Waals surface area (Å²) in [6, 6.07) is 19.8. The average molecular weight is 306 g/mol. The molecule has 0 bridgehead atoms. The molecule has 1 aliphatic carbocycles. The van der Waals surface area contributed by atoms with E-state index in [2.05, 4.69) is 70.7 Å². The van der Waals surface area contributed by atoms with Gasteiger partial charge in [0.05, 0.1) is 6.10 Å². The van der Waals surface area contributed by atoms with Crippen LogP contribution in [0.3, 0.4) is 0 Å². The van der Waals surface area contributed by atoms with Crippen molar-refractivity contribution in [2.24, 2.45) is 0 Å². The van der Waals surface area contributed by atoms with E-state index in [-0.39, 0.29) is 6.10 Å². The Labute approximate surface area is 136 Å². The van der Waals surface area contributed by atoms with Crippen molar-refractivity contribution in [3.8, 4) is 0 Å². The lowest BCUT2D eigenvalue weighted by molar-refractivity contribution is 0.0620. The van der Waals surface area contributed by atoms with E-state index in [4.69, 9.17) is 0 Å². The number of hydrogen-bond donors (Lipinski definition) is 2. The maximum absolute atomic E-state index is 9.39. The normalized spacial score (nSPS) is 20.6. The van der Waals surface area contributed by atoms with E-state index in [9.17, 15) is 5.11 Å². The Morgan fingerprint density at radius 3 is 2.61 bits per heavy atom. The van der Waals surface area contributed by atoms with Crippen LogP contribution in [0.5, 0.6) is 0 Å². The molecular weight excluding hydrogens is 284 g/mol. The molecule has 1 heterocycles. The third-order valence-corrected chi connectivity index (χ3v) is 4.79. The van der Waals surface area contributed by atoms with Crippen LogP contribution in [0.2, 0.25) is 0 Å². The Morgan fingerprint density at radius 1 is 1.00 bits per heavy atom. The number of nitrogens with zero attached hydrogens (tertiary/aromatic N) is 1. The number of rotatable bonds is 5. The fraction of sp³-hybridized carbons (Fsp3) is 0.300. The van der Waals surface area contributed by atoms with Crippen LogP contribution in [-0.4, -0.2) is 21.8 Å². The van der Waals surface area contributed by atoms with Gasteiger partial charge in [-0.05, 0) is 36.1 Å². The second-order valence-electron chi connectivity index (χ2n) is 6.48. The molecule has 0 radical (unpaired) electrons. The smallest absolute Gasteiger partial charge is 0.0570 e. The molecule has 3 nitrogen and oxygen atoms in total. The first-order valence-corrected chi connectivity index (χ1v) is 8.32. The zero-order valence-electron chi connectivity index (χ0n) is 13.2. The Morgan fingerprint density at radius 2 is 1.83 bits per heavy atom. The number of aromatic nitrogens is 1. The fourth-order valence-corrected chi connectivity index (χ4v) is 3.37. The van der Waals surface area contributed by atoms with E-state index in [0.29, 0.717) is 6.04 Å². The third-order valence-electron chi connectivity index (χ3n) is 4.79. The van der Waals surface area contributed by atoms with Gasteiger partial charge in [0.15, 0.2) is 0 Å². The first-order chi connectivity index (χ1) is 11.3. The van der Waals surface area contributed by atoms with Gasteiger partial charge in [0, 0.05) is 36.2 Å². The van der Waals surface area contributed by atoms with Crippen molar-refractivity contribution in [2.45, 2.75) is 38.1 Å². The van der Waals surface area contributed by atoms with E-state index in [0.717, 1.165) is 25.9 Å². The topological polar surface area (TPSA) is 37.2 Å². The maximum Gasteiger partial charge on any atom is 0.0570 e. The molecule has 118 valence electrons. The summed E-state index contributed by atoms with van der Waals surface area (Å²) in [4.78, 5) is 0. The van der Waals surface area contributed by atoms with Crippen molar-refractivity contribution in [3.63, 3.8) is 0 Å². The number of aliphatic hydroxyl groups is 1. The van der Waals surface area contributed by atoms with Crippen molar-refractivity contribution in [3.05, 3.63) is 71.9 Å². The molecule has 1 aliphatic rings. The molecule has 0 saturated heterocycles. The summed E-state index contributed by atoms with van der Waals surface area (Å²) in [7, 11) is 0. The second kappa shape index (κ2) is 6.19. The summed E-state index contributed by atoms with van der Waals surface area (Å²) in [6.45, 7) is 1.76. The summed E-state index contributed by atoms with van der Waals surface area (Å²) in [5, 5.41) is 14.3. The Kier molecular flexibility index (Phi) is 3.90. The maximum atomic E-state index is 9.39. The Bertz CT molecular complexity index is 788. The van der Waals surface area contributed by atoms with Gasteiger partial charge in [0.25, 0.3) is 0 Å². The molecule has 1 saturated carbocycles. The minimum Gasteiger partial charge on any atom is -0.393 e. The number of benzene rings is 2. The second-order valence-corrected chi connectivity index (χ2v) is 6.48. The summed E-state index contributed by atoms with van der Waals surface area (Å²) in [5.74, 6) is 0. The van der Waals surface area contributed by atoms with Crippen molar-refractivity contribution >= 4 is 10.9 Å². The minimum absolute atomic E-state index is 0.102. The van der Waals surface area contributed by atoms with E-state index < -0.39 is 0 Å². The molecule has 0 atom stereocenters. The molecule has 0 unspecified atom stereocenters.